The molecule has 1 aliphatic rings. The highest BCUT2D eigenvalue weighted by Gasteiger charge is 2.46. The molecule has 5 heteroatoms. The number of hydrogen-bond acceptors (Lipinski definition) is 2. The van der Waals surface area contributed by atoms with Crippen LogP contribution in [0.5, 0.6) is 0 Å². The van der Waals surface area contributed by atoms with Gasteiger partial charge in [0.05, 0.1) is 23.0 Å². The average molecular weight is 243 g/mol. The highest BCUT2D eigenvalue weighted by atomic mass is 79.9. The first-order valence-corrected chi connectivity index (χ1v) is 4.94. The number of rotatable bonds is 3. The molecule has 0 bridgehead atoms. The lowest BCUT2D eigenvalue weighted by molar-refractivity contribution is 0.496. The van der Waals surface area contributed by atoms with Crippen molar-refractivity contribution in [3.05, 3.63) is 16.9 Å². The molecule has 13 heavy (non-hydrogen) atoms. The van der Waals surface area contributed by atoms with Gasteiger partial charge in [-0.25, -0.2) is 0 Å². The summed E-state index contributed by atoms with van der Waals surface area (Å²) < 4.78 is 2.80. The molecule has 70 valence electrons. The Balaban J connectivity index is 2.10. The van der Waals surface area contributed by atoms with Crippen LogP contribution >= 0.6 is 15.9 Å². The number of amidine groups is 1. The van der Waals surface area contributed by atoms with Crippen molar-refractivity contribution in [1.82, 2.24) is 9.78 Å². The first-order valence-electron chi connectivity index (χ1n) is 4.15. The van der Waals surface area contributed by atoms with E-state index in [2.05, 4.69) is 21.0 Å². The number of aromatic nitrogens is 2. The zero-order valence-electron chi connectivity index (χ0n) is 7.13. The van der Waals surface area contributed by atoms with Gasteiger partial charge in [-0.1, -0.05) is 0 Å². The molecule has 0 atom stereocenters. The minimum atomic E-state index is -0.0918. The van der Waals surface area contributed by atoms with Crippen LogP contribution in [0.25, 0.3) is 0 Å². The standard InChI is InChI=1S/C8H11BrN4/c9-6-3-12-13(4-6)5-8(1-2-8)7(10)11/h3-4H,1-2,5H2,(H3,10,11). The lowest BCUT2D eigenvalue weighted by Gasteiger charge is -2.12. The lowest BCUT2D eigenvalue weighted by atomic mass is 10.1. The van der Waals surface area contributed by atoms with E-state index >= 15 is 0 Å². The second-order valence-electron chi connectivity index (χ2n) is 3.55. The molecule has 1 heterocycles. The van der Waals surface area contributed by atoms with Gasteiger partial charge < -0.3 is 5.73 Å². The van der Waals surface area contributed by atoms with Gasteiger partial charge in [0.15, 0.2) is 0 Å². The Morgan fingerprint density at radius 1 is 1.77 bits per heavy atom. The molecule has 1 aliphatic carbocycles. The Bertz CT molecular complexity index is 340. The van der Waals surface area contributed by atoms with E-state index in [-0.39, 0.29) is 5.41 Å². The van der Waals surface area contributed by atoms with E-state index in [1.807, 2.05) is 10.9 Å². The highest BCUT2D eigenvalue weighted by molar-refractivity contribution is 9.10. The summed E-state index contributed by atoms with van der Waals surface area (Å²) in [6.07, 6.45) is 5.68. The fourth-order valence-corrected chi connectivity index (χ4v) is 1.73. The van der Waals surface area contributed by atoms with Crippen LogP contribution in [0.4, 0.5) is 0 Å². The van der Waals surface area contributed by atoms with E-state index < -0.39 is 0 Å². The molecule has 2 rings (SSSR count). The summed E-state index contributed by atoms with van der Waals surface area (Å²) >= 11 is 3.33. The molecule has 0 spiro atoms. The van der Waals surface area contributed by atoms with Crippen molar-refractivity contribution in [2.45, 2.75) is 19.4 Å². The third-order valence-electron chi connectivity index (χ3n) is 2.49. The summed E-state index contributed by atoms with van der Waals surface area (Å²) in [6, 6.07) is 0. The minimum Gasteiger partial charge on any atom is -0.387 e. The van der Waals surface area contributed by atoms with Gasteiger partial charge in [0.1, 0.15) is 0 Å². The third kappa shape index (κ3) is 1.60. The summed E-state index contributed by atoms with van der Waals surface area (Å²) in [5.41, 5.74) is 5.43. The summed E-state index contributed by atoms with van der Waals surface area (Å²) in [5, 5.41) is 11.6. The van der Waals surface area contributed by atoms with Gasteiger partial charge in [-0.15, -0.1) is 0 Å². The van der Waals surface area contributed by atoms with Crippen molar-refractivity contribution in [3.63, 3.8) is 0 Å². The number of nitrogens with one attached hydrogen (secondary N) is 1. The minimum absolute atomic E-state index is 0.0918. The van der Waals surface area contributed by atoms with Crippen molar-refractivity contribution in [2.75, 3.05) is 0 Å². The molecule has 0 saturated heterocycles. The zero-order valence-corrected chi connectivity index (χ0v) is 8.71. The number of halogens is 1. The van der Waals surface area contributed by atoms with Crippen LogP contribution in [0.2, 0.25) is 0 Å². The zero-order chi connectivity index (χ0) is 9.47. The largest absolute Gasteiger partial charge is 0.387 e. The van der Waals surface area contributed by atoms with Crippen molar-refractivity contribution in [3.8, 4) is 0 Å². The van der Waals surface area contributed by atoms with Gasteiger partial charge in [-0.3, -0.25) is 10.1 Å². The second-order valence-corrected chi connectivity index (χ2v) is 4.47. The Hall–Kier alpha value is -0.840. The molecule has 1 aromatic heterocycles. The van der Waals surface area contributed by atoms with Crippen LogP contribution in [0.15, 0.2) is 16.9 Å². The molecule has 0 amide bonds. The summed E-state index contributed by atoms with van der Waals surface area (Å²) in [5.74, 6) is 0.291. The summed E-state index contributed by atoms with van der Waals surface area (Å²) in [7, 11) is 0. The number of nitrogens with zero attached hydrogens (tertiary/aromatic N) is 2. The van der Waals surface area contributed by atoms with E-state index in [1.54, 1.807) is 6.20 Å². The van der Waals surface area contributed by atoms with Crippen molar-refractivity contribution >= 4 is 21.8 Å². The van der Waals surface area contributed by atoms with E-state index in [0.29, 0.717) is 5.84 Å². The summed E-state index contributed by atoms with van der Waals surface area (Å²) in [6.45, 7) is 0.730. The van der Waals surface area contributed by atoms with E-state index in [9.17, 15) is 0 Å². The first-order chi connectivity index (χ1) is 6.12. The van der Waals surface area contributed by atoms with Crippen LogP contribution < -0.4 is 5.73 Å². The van der Waals surface area contributed by atoms with Gasteiger partial charge in [0.25, 0.3) is 0 Å². The van der Waals surface area contributed by atoms with Crippen LogP contribution in [0.3, 0.4) is 0 Å². The number of nitrogens with two attached hydrogens (primary N) is 1. The van der Waals surface area contributed by atoms with Gasteiger partial charge in [-0.05, 0) is 28.8 Å². The Morgan fingerprint density at radius 3 is 2.85 bits per heavy atom. The topological polar surface area (TPSA) is 67.7 Å². The molecule has 1 fully saturated rings. The molecule has 0 aliphatic heterocycles. The van der Waals surface area contributed by atoms with E-state index in [4.69, 9.17) is 11.1 Å². The van der Waals surface area contributed by atoms with Crippen LogP contribution in [0.1, 0.15) is 12.8 Å². The molecule has 1 aromatic rings. The predicted octanol–water partition coefficient (Wildman–Crippen LogP) is 1.36. The fourth-order valence-electron chi connectivity index (χ4n) is 1.40. The van der Waals surface area contributed by atoms with Crippen molar-refractivity contribution < 1.29 is 0 Å². The molecule has 0 aromatic carbocycles. The normalized spacial score (nSPS) is 18.5. The van der Waals surface area contributed by atoms with E-state index in [1.165, 1.54) is 0 Å². The Kier molecular flexibility index (Phi) is 1.91. The SMILES string of the molecule is N=C(N)C1(Cn2cc(Br)cn2)CC1. The van der Waals surface area contributed by atoms with Crippen LogP contribution in [-0.4, -0.2) is 15.6 Å². The average Bonchev–Trinajstić information content (AvgIpc) is 2.72. The predicted molar refractivity (Wildman–Crippen MR) is 53.5 cm³/mol. The van der Waals surface area contributed by atoms with Crippen LogP contribution in [0, 0.1) is 10.8 Å². The molecular weight excluding hydrogens is 232 g/mol. The van der Waals surface area contributed by atoms with Gasteiger partial charge in [0.2, 0.25) is 0 Å². The Morgan fingerprint density at radius 2 is 2.46 bits per heavy atom. The smallest absolute Gasteiger partial charge is 0.0987 e. The maximum atomic E-state index is 7.44. The molecule has 0 radical (unpaired) electrons. The monoisotopic (exact) mass is 242 g/mol. The van der Waals surface area contributed by atoms with Crippen LogP contribution in [-0.2, 0) is 6.54 Å². The molecule has 0 unspecified atom stereocenters. The maximum Gasteiger partial charge on any atom is 0.0987 e. The van der Waals surface area contributed by atoms with Crippen molar-refractivity contribution in [2.24, 2.45) is 11.1 Å². The molecule has 1 saturated carbocycles. The van der Waals surface area contributed by atoms with Gasteiger partial charge in [-0.2, -0.15) is 5.10 Å². The highest BCUT2D eigenvalue weighted by Crippen LogP contribution is 2.46. The first kappa shape index (κ1) is 8.74. The van der Waals surface area contributed by atoms with Crippen molar-refractivity contribution in [1.29, 1.82) is 5.41 Å². The Labute approximate surface area is 84.8 Å². The second kappa shape index (κ2) is 2.83. The molecule has 4 nitrogen and oxygen atoms in total. The van der Waals surface area contributed by atoms with Gasteiger partial charge in [0, 0.05) is 11.6 Å². The number of hydrogen-bond donors (Lipinski definition) is 2. The lowest BCUT2D eigenvalue weighted by Crippen LogP contribution is -2.28. The summed E-state index contributed by atoms with van der Waals surface area (Å²) in [4.78, 5) is 0. The maximum absolute atomic E-state index is 7.44. The quantitative estimate of drug-likeness (QED) is 0.621. The fraction of sp³-hybridized carbons (Fsp3) is 0.500. The molecular formula is C8H11BrN4. The van der Waals surface area contributed by atoms with Gasteiger partial charge >= 0.3 is 0 Å². The van der Waals surface area contributed by atoms with E-state index in [0.717, 1.165) is 23.9 Å². The molecule has 3 N–H and O–H groups in total. The third-order valence-corrected chi connectivity index (χ3v) is 2.90.